The average Bonchev–Trinajstić information content (AvgIpc) is 1.90. The third-order valence-corrected chi connectivity index (χ3v) is 1.42. The molecular weight excluding hydrogens is 128 g/mol. The molecule has 0 bridgehead atoms. The monoisotopic (exact) mass is 143 g/mol. The fraction of sp³-hybridized carbons (Fsp3) is 0.875. The minimum Gasteiger partial charge on any atom is -0.373 e. The Hall–Kier alpha value is -0.370. The highest BCUT2D eigenvalue weighted by Gasteiger charge is 2.06. The molecule has 0 aromatic carbocycles. The van der Waals surface area contributed by atoms with E-state index >= 15 is 0 Å². The van der Waals surface area contributed by atoms with Gasteiger partial charge in [0.25, 0.3) is 0 Å². The second-order valence-electron chi connectivity index (χ2n) is 2.81. The molecule has 0 aliphatic carbocycles. The van der Waals surface area contributed by atoms with E-state index in [1.807, 2.05) is 6.29 Å². The summed E-state index contributed by atoms with van der Waals surface area (Å²) >= 11 is 0. The number of ether oxygens (including phenoxy) is 1. The fourth-order valence-corrected chi connectivity index (χ4v) is 0.710. The molecule has 0 aromatic heterocycles. The molecule has 0 aliphatic heterocycles. The SMILES string of the molecule is COC([C]=O)CCC(C)C. The zero-order valence-corrected chi connectivity index (χ0v) is 6.89. The minimum absolute atomic E-state index is 0.317. The Morgan fingerprint density at radius 3 is 2.30 bits per heavy atom. The van der Waals surface area contributed by atoms with Crippen molar-refractivity contribution >= 4 is 6.29 Å². The molecule has 0 aromatic rings. The van der Waals surface area contributed by atoms with Crippen molar-refractivity contribution in [3.63, 3.8) is 0 Å². The van der Waals surface area contributed by atoms with E-state index in [9.17, 15) is 4.79 Å². The summed E-state index contributed by atoms with van der Waals surface area (Å²) in [5.41, 5.74) is 0. The first-order valence-electron chi connectivity index (χ1n) is 3.61. The maximum atomic E-state index is 10.1. The third-order valence-electron chi connectivity index (χ3n) is 1.42. The summed E-state index contributed by atoms with van der Waals surface area (Å²) in [7, 11) is 1.54. The molecule has 0 heterocycles. The summed E-state index contributed by atoms with van der Waals surface area (Å²) in [4.78, 5) is 10.1. The molecule has 0 saturated heterocycles. The number of methoxy groups -OCH3 is 1. The summed E-state index contributed by atoms with van der Waals surface area (Å²) in [5.74, 6) is 0.631. The zero-order chi connectivity index (χ0) is 7.98. The van der Waals surface area contributed by atoms with Crippen LogP contribution < -0.4 is 0 Å². The molecule has 1 radical (unpaired) electrons. The average molecular weight is 143 g/mol. The lowest BCUT2D eigenvalue weighted by molar-refractivity contribution is 0.139. The smallest absolute Gasteiger partial charge is 0.229 e. The Bertz CT molecular complexity index is 89.3. The molecule has 0 aliphatic rings. The van der Waals surface area contributed by atoms with Crippen molar-refractivity contribution in [2.24, 2.45) is 5.92 Å². The van der Waals surface area contributed by atoms with Crippen LogP contribution in [0.15, 0.2) is 0 Å². The van der Waals surface area contributed by atoms with Gasteiger partial charge in [-0.05, 0) is 18.8 Å². The van der Waals surface area contributed by atoms with Crippen LogP contribution in [0.1, 0.15) is 26.7 Å². The summed E-state index contributed by atoms with van der Waals surface area (Å²) < 4.78 is 4.83. The van der Waals surface area contributed by atoms with Crippen molar-refractivity contribution in [1.29, 1.82) is 0 Å². The van der Waals surface area contributed by atoms with Crippen LogP contribution in [0.3, 0.4) is 0 Å². The van der Waals surface area contributed by atoms with Gasteiger partial charge in [0.2, 0.25) is 6.29 Å². The van der Waals surface area contributed by atoms with Gasteiger partial charge in [0.1, 0.15) is 6.10 Å². The molecule has 0 spiro atoms. The van der Waals surface area contributed by atoms with Gasteiger partial charge in [-0.15, -0.1) is 0 Å². The van der Waals surface area contributed by atoms with Gasteiger partial charge >= 0.3 is 0 Å². The summed E-state index contributed by atoms with van der Waals surface area (Å²) in [6.07, 6.45) is 3.33. The van der Waals surface area contributed by atoms with E-state index in [0.29, 0.717) is 5.92 Å². The van der Waals surface area contributed by atoms with Gasteiger partial charge in [-0.1, -0.05) is 13.8 Å². The lowest BCUT2D eigenvalue weighted by Crippen LogP contribution is -2.12. The van der Waals surface area contributed by atoms with Crippen LogP contribution >= 0.6 is 0 Å². The summed E-state index contributed by atoms with van der Waals surface area (Å²) in [5, 5.41) is 0. The number of hydrogen-bond acceptors (Lipinski definition) is 2. The standard InChI is InChI=1S/C8H15O2/c1-7(2)4-5-8(6-9)10-3/h7-8H,4-5H2,1-3H3. The van der Waals surface area contributed by atoms with Crippen molar-refractivity contribution < 1.29 is 9.53 Å². The summed E-state index contributed by atoms with van der Waals surface area (Å²) in [6, 6.07) is 0. The number of rotatable bonds is 5. The number of carbonyl (C=O) groups excluding carboxylic acids is 1. The molecule has 0 rings (SSSR count). The van der Waals surface area contributed by atoms with Crippen molar-refractivity contribution in [2.45, 2.75) is 32.8 Å². The molecule has 2 nitrogen and oxygen atoms in total. The molecule has 10 heavy (non-hydrogen) atoms. The predicted molar refractivity (Wildman–Crippen MR) is 40.6 cm³/mol. The zero-order valence-electron chi connectivity index (χ0n) is 6.89. The second-order valence-corrected chi connectivity index (χ2v) is 2.81. The Morgan fingerprint density at radius 2 is 2.00 bits per heavy atom. The fourth-order valence-electron chi connectivity index (χ4n) is 0.710. The minimum atomic E-state index is -0.317. The molecule has 0 N–H and O–H groups in total. The van der Waals surface area contributed by atoms with Crippen molar-refractivity contribution in [1.82, 2.24) is 0 Å². The van der Waals surface area contributed by atoms with Crippen molar-refractivity contribution in [3.05, 3.63) is 0 Å². The van der Waals surface area contributed by atoms with Crippen LogP contribution in [0.25, 0.3) is 0 Å². The van der Waals surface area contributed by atoms with Gasteiger partial charge in [0, 0.05) is 7.11 Å². The number of hydrogen-bond donors (Lipinski definition) is 0. The van der Waals surface area contributed by atoms with Crippen LogP contribution in [-0.2, 0) is 9.53 Å². The summed E-state index contributed by atoms with van der Waals surface area (Å²) in [6.45, 7) is 4.25. The van der Waals surface area contributed by atoms with E-state index < -0.39 is 0 Å². The van der Waals surface area contributed by atoms with Gasteiger partial charge < -0.3 is 4.74 Å². The molecule has 1 unspecified atom stereocenters. The molecule has 0 fully saturated rings. The van der Waals surface area contributed by atoms with Crippen molar-refractivity contribution in [3.8, 4) is 0 Å². The Balaban J connectivity index is 3.34. The third kappa shape index (κ3) is 4.50. The van der Waals surface area contributed by atoms with Gasteiger partial charge in [-0.3, -0.25) is 4.79 Å². The van der Waals surface area contributed by atoms with Crippen LogP contribution in [0.2, 0.25) is 0 Å². The van der Waals surface area contributed by atoms with Gasteiger partial charge in [0.05, 0.1) is 0 Å². The molecule has 1 atom stereocenters. The van der Waals surface area contributed by atoms with E-state index in [0.717, 1.165) is 12.8 Å². The second kappa shape index (κ2) is 5.42. The molecular formula is C8H15O2. The Labute approximate surface area is 62.6 Å². The molecule has 59 valence electrons. The van der Waals surface area contributed by atoms with Crippen LogP contribution in [-0.4, -0.2) is 19.5 Å². The molecule has 0 amide bonds. The van der Waals surface area contributed by atoms with Gasteiger partial charge in [-0.25, -0.2) is 0 Å². The molecule has 2 heteroatoms. The highest BCUT2D eigenvalue weighted by molar-refractivity contribution is 5.56. The first kappa shape index (κ1) is 9.63. The van der Waals surface area contributed by atoms with Crippen LogP contribution in [0.5, 0.6) is 0 Å². The lowest BCUT2D eigenvalue weighted by atomic mass is 10.1. The quantitative estimate of drug-likeness (QED) is 0.583. The first-order valence-corrected chi connectivity index (χ1v) is 3.61. The van der Waals surface area contributed by atoms with Crippen LogP contribution in [0.4, 0.5) is 0 Å². The highest BCUT2D eigenvalue weighted by Crippen LogP contribution is 2.06. The molecule has 0 saturated carbocycles. The lowest BCUT2D eigenvalue weighted by Gasteiger charge is -2.08. The maximum Gasteiger partial charge on any atom is 0.229 e. The van der Waals surface area contributed by atoms with E-state index in [2.05, 4.69) is 13.8 Å². The van der Waals surface area contributed by atoms with Crippen LogP contribution in [0, 0.1) is 5.92 Å². The first-order chi connectivity index (χ1) is 4.70. The van der Waals surface area contributed by atoms with E-state index in [4.69, 9.17) is 4.74 Å². The van der Waals surface area contributed by atoms with Gasteiger partial charge in [0.15, 0.2) is 0 Å². The van der Waals surface area contributed by atoms with E-state index in [1.165, 1.54) is 7.11 Å². The van der Waals surface area contributed by atoms with E-state index in [-0.39, 0.29) is 6.10 Å². The topological polar surface area (TPSA) is 26.3 Å². The Morgan fingerprint density at radius 1 is 1.40 bits per heavy atom. The normalized spacial score (nSPS) is 13.6. The largest absolute Gasteiger partial charge is 0.373 e. The Kier molecular flexibility index (Phi) is 5.22. The predicted octanol–water partition coefficient (Wildman–Crippen LogP) is 1.55. The van der Waals surface area contributed by atoms with E-state index in [1.54, 1.807) is 0 Å². The maximum absolute atomic E-state index is 10.1. The van der Waals surface area contributed by atoms with Crippen molar-refractivity contribution in [2.75, 3.05) is 7.11 Å². The van der Waals surface area contributed by atoms with Gasteiger partial charge in [-0.2, -0.15) is 0 Å². The highest BCUT2D eigenvalue weighted by atomic mass is 16.5.